The lowest BCUT2D eigenvalue weighted by Gasteiger charge is -2.26. The first kappa shape index (κ1) is 9.77. The molecule has 3 N–H and O–H groups in total. The summed E-state index contributed by atoms with van der Waals surface area (Å²) in [6.07, 6.45) is 0.838. The fourth-order valence-corrected chi connectivity index (χ4v) is 2.18. The molecule has 1 heterocycles. The maximum Gasteiger partial charge on any atom is 0.117 e. The normalized spacial score (nSPS) is 20.6. The second-order valence-electron chi connectivity index (χ2n) is 3.43. The van der Waals surface area contributed by atoms with Gasteiger partial charge in [0.1, 0.15) is 5.75 Å². The minimum Gasteiger partial charge on any atom is -0.508 e. The van der Waals surface area contributed by atoms with Gasteiger partial charge in [0.25, 0.3) is 0 Å². The Balaban J connectivity index is 2.51. The second-order valence-corrected chi connectivity index (χ2v) is 3.84. The van der Waals surface area contributed by atoms with E-state index in [0.717, 1.165) is 24.1 Å². The number of benzene rings is 1. The van der Waals surface area contributed by atoms with Gasteiger partial charge in [-0.15, -0.1) is 0 Å². The van der Waals surface area contributed by atoms with Crippen molar-refractivity contribution in [1.29, 1.82) is 0 Å². The number of aromatic hydroxyl groups is 1. The largest absolute Gasteiger partial charge is 0.508 e. The van der Waals surface area contributed by atoms with Crippen molar-refractivity contribution in [2.24, 2.45) is 0 Å². The van der Waals surface area contributed by atoms with E-state index < -0.39 is 0 Å². The van der Waals surface area contributed by atoms with E-state index in [9.17, 15) is 5.11 Å². The van der Waals surface area contributed by atoms with E-state index in [-0.39, 0.29) is 18.4 Å². The molecular formula is C10H12ClNO2. The summed E-state index contributed by atoms with van der Waals surface area (Å²) in [5.41, 5.74) is 1.94. The van der Waals surface area contributed by atoms with Gasteiger partial charge < -0.3 is 15.5 Å². The molecule has 1 atom stereocenters. The molecule has 14 heavy (non-hydrogen) atoms. The fraction of sp³-hybridized carbons (Fsp3) is 0.400. The summed E-state index contributed by atoms with van der Waals surface area (Å²) in [4.78, 5) is 0. The highest BCUT2D eigenvalue weighted by atomic mass is 35.5. The molecule has 1 aromatic rings. The number of hydrogen-bond donors (Lipinski definition) is 3. The average molecular weight is 214 g/mol. The van der Waals surface area contributed by atoms with Crippen LogP contribution in [0.4, 0.5) is 0 Å². The SMILES string of the molecule is OCC1NCCc2c(Cl)cc(O)cc21. The molecule has 2 rings (SSSR count). The zero-order chi connectivity index (χ0) is 10.1. The van der Waals surface area contributed by atoms with Crippen molar-refractivity contribution in [1.82, 2.24) is 5.32 Å². The van der Waals surface area contributed by atoms with Crippen molar-refractivity contribution < 1.29 is 10.2 Å². The number of aliphatic hydroxyl groups excluding tert-OH is 1. The van der Waals surface area contributed by atoms with Gasteiger partial charge in [0, 0.05) is 5.02 Å². The van der Waals surface area contributed by atoms with E-state index in [1.807, 2.05) is 0 Å². The third-order valence-electron chi connectivity index (χ3n) is 2.54. The summed E-state index contributed by atoms with van der Waals surface area (Å²) in [6, 6.07) is 3.09. The van der Waals surface area contributed by atoms with E-state index >= 15 is 0 Å². The highest BCUT2D eigenvalue weighted by Gasteiger charge is 2.21. The van der Waals surface area contributed by atoms with Crippen LogP contribution in [-0.2, 0) is 6.42 Å². The van der Waals surface area contributed by atoms with Crippen molar-refractivity contribution in [2.75, 3.05) is 13.2 Å². The molecule has 0 aromatic heterocycles. The molecule has 0 aliphatic carbocycles. The van der Waals surface area contributed by atoms with Gasteiger partial charge in [-0.05, 0) is 36.2 Å². The summed E-state index contributed by atoms with van der Waals surface area (Å²) >= 11 is 6.00. The van der Waals surface area contributed by atoms with Crippen LogP contribution in [-0.4, -0.2) is 23.4 Å². The standard InChI is InChI=1S/C10H12ClNO2/c11-9-4-6(14)3-8-7(9)1-2-12-10(8)5-13/h3-4,10,12-14H,1-2,5H2. The molecule has 0 fully saturated rings. The van der Waals surface area contributed by atoms with Crippen molar-refractivity contribution in [3.63, 3.8) is 0 Å². The summed E-state index contributed by atoms with van der Waals surface area (Å²) < 4.78 is 0. The van der Waals surface area contributed by atoms with E-state index in [0.29, 0.717) is 5.02 Å². The minimum absolute atomic E-state index is 0.0206. The topological polar surface area (TPSA) is 52.5 Å². The van der Waals surface area contributed by atoms with Crippen molar-refractivity contribution in [2.45, 2.75) is 12.5 Å². The molecule has 0 spiro atoms. The van der Waals surface area contributed by atoms with Crippen LogP contribution in [0.2, 0.25) is 5.02 Å². The van der Waals surface area contributed by atoms with Gasteiger partial charge in [-0.3, -0.25) is 0 Å². The predicted octanol–water partition coefficient (Wildman–Crippen LogP) is 1.22. The minimum atomic E-state index is -0.108. The lowest BCUT2D eigenvalue weighted by atomic mass is 9.94. The number of fused-ring (bicyclic) bond motifs is 1. The Hall–Kier alpha value is -0.770. The predicted molar refractivity (Wildman–Crippen MR) is 54.7 cm³/mol. The Labute approximate surface area is 87.3 Å². The first-order valence-corrected chi connectivity index (χ1v) is 4.95. The van der Waals surface area contributed by atoms with E-state index in [1.165, 1.54) is 0 Å². The van der Waals surface area contributed by atoms with Gasteiger partial charge >= 0.3 is 0 Å². The molecule has 1 aliphatic rings. The Bertz CT molecular complexity index is 354. The van der Waals surface area contributed by atoms with Crippen LogP contribution in [0.5, 0.6) is 5.75 Å². The first-order chi connectivity index (χ1) is 6.72. The number of rotatable bonds is 1. The van der Waals surface area contributed by atoms with Crippen LogP contribution >= 0.6 is 11.6 Å². The van der Waals surface area contributed by atoms with E-state index in [2.05, 4.69) is 5.32 Å². The van der Waals surface area contributed by atoms with Crippen LogP contribution in [0.15, 0.2) is 12.1 Å². The molecule has 1 unspecified atom stereocenters. The first-order valence-electron chi connectivity index (χ1n) is 4.58. The summed E-state index contributed by atoms with van der Waals surface area (Å²) in [5.74, 6) is 0.149. The highest BCUT2D eigenvalue weighted by molar-refractivity contribution is 6.31. The number of nitrogens with one attached hydrogen (secondary N) is 1. The fourth-order valence-electron chi connectivity index (χ4n) is 1.86. The second kappa shape index (κ2) is 3.77. The van der Waals surface area contributed by atoms with Crippen LogP contribution in [0, 0.1) is 0 Å². The lowest BCUT2D eigenvalue weighted by Crippen LogP contribution is -2.32. The molecule has 1 aromatic carbocycles. The highest BCUT2D eigenvalue weighted by Crippen LogP contribution is 2.32. The van der Waals surface area contributed by atoms with Crippen LogP contribution in [0.1, 0.15) is 17.2 Å². The number of phenols is 1. The van der Waals surface area contributed by atoms with Crippen LogP contribution in [0.3, 0.4) is 0 Å². The van der Waals surface area contributed by atoms with Gasteiger partial charge in [-0.25, -0.2) is 0 Å². The molecule has 1 aliphatic heterocycles. The van der Waals surface area contributed by atoms with Crippen molar-refractivity contribution in [3.8, 4) is 5.75 Å². The zero-order valence-electron chi connectivity index (χ0n) is 7.63. The van der Waals surface area contributed by atoms with Crippen molar-refractivity contribution in [3.05, 3.63) is 28.3 Å². The molecule has 0 amide bonds. The molecule has 4 heteroatoms. The zero-order valence-corrected chi connectivity index (χ0v) is 8.38. The van der Waals surface area contributed by atoms with Crippen LogP contribution in [0.25, 0.3) is 0 Å². The molecule has 0 saturated heterocycles. The average Bonchev–Trinajstić information content (AvgIpc) is 2.17. The molecule has 0 saturated carbocycles. The van der Waals surface area contributed by atoms with E-state index in [4.69, 9.17) is 16.7 Å². The number of aliphatic hydroxyl groups is 1. The molecule has 76 valence electrons. The lowest BCUT2D eigenvalue weighted by molar-refractivity contribution is 0.240. The summed E-state index contributed by atoms with van der Waals surface area (Å²) in [7, 11) is 0. The molecular weight excluding hydrogens is 202 g/mol. The Morgan fingerprint density at radius 1 is 1.50 bits per heavy atom. The smallest absolute Gasteiger partial charge is 0.117 e. The molecule has 3 nitrogen and oxygen atoms in total. The Morgan fingerprint density at radius 3 is 3.00 bits per heavy atom. The maximum absolute atomic E-state index is 9.39. The third kappa shape index (κ3) is 1.59. The monoisotopic (exact) mass is 213 g/mol. The molecule has 0 bridgehead atoms. The number of hydrogen-bond acceptors (Lipinski definition) is 3. The van der Waals surface area contributed by atoms with Gasteiger partial charge in [-0.2, -0.15) is 0 Å². The summed E-state index contributed by atoms with van der Waals surface area (Å²) in [6.45, 7) is 0.829. The quantitative estimate of drug-likeness (QED) is 0.658. The molecule has 0 radical (unpaired) electrons. The third-order valence-corrected chi connectivity index (χ3v) is 2.88. The Kier molecular flexibility index (Phi) is 2.63. The van der Waals surface area contributed by atoms with Crippen LogP contribution < -0.4 is 5.32 Å². The van der Waals surface area contributed by atoms with Gasteiger partial charge in [0.15, 0.2) is 0 Å². The number of halogens is 1. The summed E-state index contributed by atoms with van der Waals surface area (Å²) in [5, 5.41) is 22.3. The van der Waals surface area contributed by atoms with Gasteiger partial charge in [-0.1, -0.05) is 11.6 Å². The Morgan fingerprint density at radius 2 is 2.29 bits per heavy atom. The van der Waals surface area contributed by atoms with Gasteiger partial charge in [0.05, 0.1) is 12.6 Å². The van der Waals surface area contributed by atoms with Gasteiger partial charge in [0.2, 0.25) is 0 Å². The maximum atomic E-state index is 9.39. The van der Waals surface area contributed by atoms with Crippen molar-refractivity contribution >= 4 is 11.6 Å². The number of phenolic OH excluding ortho intramolecular Hbond substituents is 1. The van der Waals surface area contributed by atoms with E-state index in [1.54, 1.807) is 12.1 Å².